The van der Waals surface area contributed by atoms with E-state index in [9.17, 15) is 4.79 Å². The summed E-state index contributed by atoms with van der Waals surface area (Å²) in [4.78, 5) is 18.7. The van der Waals surface area contributed by atoms with Crippen molar-refractivity contribution in [3.63, 3.8) is 0 Å². The van der Waals surface area contributed by atoms with Crippen LogP contribution in [-0.2, 0) is 4.74 Å². The Morgan fingerprint density at radius 2 is 1.86 bits per heavy atom. The predicted octanol–water partition coefficient (Wildman–Crippen LogP) is 3.63. The van der Waals surface area contributed by atoms with Crippen LogP contribution in [0, 0.1) is 0 Å². The minimum absolute atomic E-state index is 0.221. The molecule has 1 aromatic carbocycles. The number of nitrogens with zero attached hydrogens (tertiary/aromatic N) is 5. The molecule has 2 fully saturated rings. The van der Waals surface area contributed by atoms with Crippen molar-refractivity contribution in [2.24, 2.45) is 0 Å². The molecule has 2 aliphatic heterocycles. The van der Waals surface area contributed by atoms with Gasteiger partial charge in [-0.15, -0.1) is 0 Å². The lowest BCUT2D eigenvalue weighted by molar-refractivity contribution is 0.105. The first kappa shape index (κ1) is 23.6. The van der Waals surface area contributed by atoms with E-state index in [0.29, 0.717) is 31.8 Å². The van der Waals surface area contributed by atoms with E-state index in [-0.39, 0.29) is 6.09 Å². The van der Waals surface area contributed by atoms with Crippen LogP contribution in [0.15, 0.2) is 48.8 Å². The number of rotatable bonds is 5. The Kier molecular flexibility index (Phi) is 6.92. The molecule has 1 unspecified atom stereocenters. The Hall–Kier alpha value is -3.10. The fourth-order valence-corrected chi connectivity index (χ4v) is 5.14. The van der Waals surface area contributed by atoms with Gasteiger partial charge in [0.2, 0.25) is 0 Å². The number of hydrogen-bond acceptors (Lipinski definition) is 6. The zero-order chi connectivity index (χ0) is 24.4. The first-order chi connectivity index (χ1) is 17.0. The highest BCUT2D eigenvalue weighted by molar-refractivity contribution is 5.80. The molecule has 4 heterocycles. The minimum Gasteiger partial charge on any atom is -0.450 e. The SMILES string of the molecule is CCOC(=O)N1CCN(c2ccnn3cc(-c4ccc(C5CN(C(C)C)CCN5)cc4)cc23)CC1. The molecule has 2 saturated heterocycles. The number of carbonyl (C=O) groups excluding carboxylic acids is 1. The summed E-state index contributed by atoms with van der Waals surface area (Å²) >= 11 is 0. The van der Waals surface area contributed by atoms with Crippen LogP contribution >= 0.6 is 0 Å². The molecule has 5 rings (SSSR count). The van der Waals surface area contributed by atoms with Crippen LogP contribution in [0.3, 0.4) is 0 Å². The molecular weight excluding hydrogens is 440 g/mol. The molecule has 0 saturated carbocycles. The highest BCUT2D eigenvalue weighted by atomic mass is 16.6. The van der Waals surface area contributed by atoms with Crippen LogP contribution in [0.2, 0.25) is 0 Å². The number of fused-ring (bicyclic) bond motifs is 1. The number of ether oxygens (including phenoxy) is 1. The van der Waals surface area contributed by atoms with Crippen molar-refractivity contribution in [2.75, 3.05) is 57.3 Å². The average molecular weight is 477 g/mol. The Labute approximate surface area is 207 Å². The Morgan fingerprint density at radius 3 is 2.57 bits per heavy atom. The average Bonchev–Trinajstić information content (AvgIpc) is 3.34. The van der Waals surface area contributed by atoms with Gasteiger partial charge in [-0.2, -0.15) is 5.10 Å². The van der Waals surface area contributed by atoms with Gasteiger partial charge in [0.15, 0.2) is 0 Å². The molecule has 3 aromatic rings. The van der Waals surface area contributed by atoms with Crippen LogP contribution in [0.25, 0.3) is 16.6 Å². The minimum atomic E-state index is -0.221. The van der Waals surface area contributed by atoms with Gasteiger partial charge in [0, 0.05) is 75.9 Å². The molecule has 186 valence electrons. The third-order valence-corrected chi connectivity index (χ3v) is 7.22. The van der Waals surface area contributed by atoms with Gasteiger partial charge in [-0.25, -0.2) is 9.31 Å². The lowest BCUT2D eigenvalue weighted by Crippen LogP contribution is -2.49. The first-order valence-electron chi connectivity index (χ1n) is 12.8. The number of nitrogens with one attached hydrogen (secondary N) is 1. The number of piperazine rings is 2. The van der Waals surface area contributed by atoms with Crippen molar-refractivity contribution in [1.82, 2.24) is 24.7 Å². The summed E-state index contributed by atoms with van der Waals surface area (Å²) in [5.74, 6) is 0. The maximum absolute atomic E-state index is 12.0. The van der Waals surface area contributed by atoms with Crippen molar-refractivity contribution >= 4 is 17.3 Å². The first-order valence-corrected chi connectivity index (χ1v) is 12.8. The largest absolute Gasteiger partial charge is 0.450 e. The summed E-state index contributed by atoms with van der Waals surface area (Å²) in [5, 5.41) is 8.22. The quantitative estimate of drug-likeness (QED) is 0.607. The molecule has 0 bridgehead atoms. The van der Waals surface area contributed by atoms with Gasteiger partial charge in [-0.05, 0) is 44.0 Å². The maximum atomic E-state index is 12.0. The Morgan fingerprint density at radius 1 is 1.09 bits per heavy atom. The summed E-state index contributed by atoms with van der Waals surface area (Å²) < 4.78 is 7.11. The molecule has 2 aromatic heterocycles. The zero-order valence-electron chi connectivity index (χ0n) is 21.0. The van der Waals surface area contributed by atoms with Gasteiger partial charge in [0.25, 0.3) is 0 Å². The normalized spacial score (nSPS) is 19.5. The molecule has 1 amide bonds. The monoisotopic (exact) mass is 476 g/mol. The van der Waals surface area contributed by atoms with Crippen molar-refractivity contribution in [3.05, 3.63) is 54.4 Å². The molecule has 0 aliphatic carbocycles. The van der Waals surface area contributed by atoms with Gasteiger partial charge < -0.3 is 19.9 Å². The molecule has 1 N–H and O–H groups in total. The molecule has 1 atom stereocenters. The van der Waals surface area contributed by atoms with Gasteiger partial charge in [0.05, 0.1) is 17.8 Å². The number of benzene rings is 1. The van der Waals surface area contributed by atoms with Crippen LogP contribution in [-0.4, -0.2) is 84.0 Å². The molecule has 35 heavy (non-hydrogen) atoms. The molecule has 8 nitrogen and oxygen atoms in total. The summed E-state index contributed by atoms with van der Waals surface area (Å²) in [6, 6.07) is 14.2. The number of carbonyl (C=O) groups is 1. The van der Waals surface area contributed by atoms with E-state index in [1.807, 2.05) is 17.6 Å². The number of aromatic nitrogens is 2. The van der Waals surface area contributed by atoms with E-state index in [0.717, 1.165) is 49.5 Å². The van der Waals surface area contributed by atoms with Crippen molar-refractivity contribution < 1.29 is 9.53 Å². The van der Waals surface area contributed by atoms with E-state index in [1.54, 1.807) is 4.90 Å². The topological polar surface area (TPSA) is 65.3 Å². The summed E-state index contributed by atoms with van der Waals surface area (Å²) in [6.45, 7) is 12.8. The molecule has 0 radical (unpaired) electrons. The van der Waals surface area contributed by atoms with Crippen molar-refractivity contribution in [1.29, 1.82) is 0 Å². The van der Waals surface area contributed by atoms with Crippen molar-refractivity contribution in [3.8, 4) is 11.1 Å². The van der Waals surface area contributed by atoms with E-state index in [1.165, 1.54) is 11.1 Å². The van der Waals surface area contributed by atoms with Gasteiger partial charge in [0.1, 0.15) is 0 Å². The molecule has 2 aliphatic rings. The molecular formula is C27H36N6O2. The third-order valence-electron chi connectivity index (χ3n) is 7.22. The highest BCUT2D eigenvalue weighted by Gasteiger charge is 2.24. The second kappa shape index (κ2) is 10.3. The maximum Gasteiger partial charge on any atom is 0.409 e. The lowest BCUT2D eigenvalue weighted by atomic mass is 10.00. The van der Waals surface area contributed by atoms with Crippen LogP contribution in [0.1, 0.15) is 32.4 Å². The Balaban J connectivity index is 1.32. The van der Waals surface area contributed by atoms with Crippen LogP contribution in [0.4, 0.5) is 10.5 Å². The lowest BCUT2D eigenvalue weighted by Gasteiger charge is -2.36. The number of amides is 1. The third kappa shape index (κ3) is 4.99. The second-order valence-corrected chi connectivity index (χ2v) is 9.67. The van der Waals surface area contributed by atoms with Gasteiger partial charge in [-0.1, -0.05) is 24.3 Å². The van der Waals surface area contributed by atoms with E-state index in [4.69, 9.17) is 4.74 Å². The zero-order valence-corrected chi connectivity index (χ0v) is 21.0. The smallest absolute Gasteiger partial charge is 0.409 e. The van der Waals surface area contributed by atoms with Gasteiger partial charge >= 0.3 is 6.09 Å². The van der Waals surface area contributed by atoms with Crippen LogP contribution < -0.4 is 10.2 Å². The van der Waals surface area contributed by atoms with E-state index in [2.05, 4.69) is 76.7 Å². The molecule has 0 spiro atoms. The standard InChI is InChI=1S/C27H36N6O2/c1-4-35-27(34)31-15-13-30(14-16-31)25-9-10-29-33-18-23(17-26(25)33)21-5-7-22(8-6-21)24-19-32(20(2)3)12-11-28-24/h5-10,17-18,20,24,28H,4,11-16,19H2,1-3H3. The van der Waals surface area contributed by atoms with E-state index >= 15 is 0 Å². The Bertz CT molecular complexity index is 1150. The predicted molar refractivity (Wildman–Crippen MR) is 139 cm³/mol. The molecule has 8 heteroatoms. The van der Waals surface area contributed by atoms with Crippen LogP contribution in [0.5, 0.6) is 0 Å². The fraction of sp³-hybridized carbons (Fsp3) is 0.481. The number of anilines is 1. The summed E-state index contributed by atoms with van der Waals surface area (Å²) in [5.41, 5.74) is 5.90. The van der Waals surface area contributed by atoms with Gasteiger partial charge in [-0.3, -0.25) is 4.90 Å². The highest BCUT2D eigenvalue weighted by Crippen LogP contribution is 2.30. The van der Waals surface area contributed by atoms with Crippen molar-refractivity contribution in [2.45, 2.75) is 32.9 Å². The summed E-state index contributed by atoms with van der Waals surface area (Å²) in [7, 11) is 0. The fourth-order valence-electron chi connectivity index (χ4n) is 5.14. The van der Waals surface area contributed by atoms with E-state index < -0.39 is 0 Å². The summed E-state index contributed by atoms with van der Waals surface area (Å²) in [6.07, 6.45) is 3.73. The second-order valence-electron chi connectivity index (χ2n) is 9.67. The number of hydrogen-bond donors (Lipinski definition) is 1.